The van der Waals surface area contributed by atoms with E-state index < -0.39 is 48.7 Å². The number of amides is 7. The van der Waals surface area contributed by atoms with Gasteiger partial charge in [0.25, 0.3) is 0 Å². The summed E-state index contributed by atoms with van der Waals surface area (Å²) in [6.45, 7) is 2.68. The first-order valence-corrected chi connectivity index (χ1v) is 14.5. The Morgan fingerprint density at radius 2 is 1.36 bits per heavy atom. The van der Waals surface area contributed by atoms with Crippen molar-refractivity contribution in [3.8, 4) is 0 Å². The van der Waals surface area contributed by atoms with Crippen molar-refractivity contribution in [1.82, 2.24) is 31.9 Å². The SMILES string of the molecule is CC(C)CC(=O)NCCCCCC(=O)NCC(=O)NCC(=O)NC(Cc1ccccc1)C(=O)NCC(=O)NCOCC(N)=O. The molecule has 1 unspecified atom stereocenters. The molecule has 0 heterocycles. The number of nitrogens with two attached hydrogens (primary N) is 1. The predicted molar refractivity (Wildman–Crippen MR) is 160 cm³/mol. The third-order valence-corrected chi connectivity index (χ3v) is 5.86. The van der Waals surface area contributed by atoms with Gasteiger partial charge in [-0.15, -0.1) is 0 Å². The van der Waals surface area contributed by atoms with Crippen molar-refractivity contribution < 1.29 is 38.3 Å². The van der Waals surface area contributed by atoms with Gasteiger partial charge in [-0.2, -0.15) is 0 Å². The summed E-state index contributed by atoms with van der Waals surface area (Å²) >= 11 is 0. The Morgan fingerprint density at radius 3 is 2.05 bits per heavy atom. The van der Waals surface area contributed by atoms with Crippen molar-refractivity contribution >= 4 is 41.4 Å². The summed E-state index contributed by atoms with van der Waals surface area (Å²) in [6.07, 6.45) is 2.92. The molecule has 0 aromatic heterocycles. The molecule has 1 aromatic rings. The average Bonchev–Trinajstić information content (AvgIpc) is 2.97. The van der Waals surface area contributed by atoms with Crippen molar-refractivity contribution in [3.63, 3.8) is 0 Å². The highest BCUT2D eigenvalue weighted by Gasteiger charge is 2.22. The molecule has 1 atom stereocenters. The molecule has 0 saturated heterocycles. The first kappa shape index (κ1) is 37.5. The standard InChI is InChI=1S/C29H45N7O8/c1-20(2)13-25(39)31-12-8-4-7-11-24(38)32-15-26(40)33-17-28(42)36-22(14-21-9-5-3-6-10-21)29(43)34-16-27(41)35-19-44-18-23(30)37/h3,5-6,9-10,20,22H,4,7-8,11-19H2,1-2H3,(H2,30,37)(H,31,39)(H,32,38)(H,33,40)(H,34,43)(H,35,41)(H,36,42). The zero-order valence-electron chi connectivity index (χ0n) is 25.4. The van der Waals surface area contributed by atoms with Gasteiger partial charge in [-0.1, -0.05) is 50.6 Å². The van der Waals surface area contributed by atoms with E-state index in [-0.39, 0.29) is 44.5 Å². The molecule has 7 amide bonds. The maximum Gasteiger partial charge on any atom is 0.243 e. The zero-order valence-corrected chi connectivity index (χ0v) is 25.4. The molecular formula is C29H45N7O8. The van der Waals surface area contributed by atoms with Crippen LogP contribution >= 0.6 is 0 Å². The lowest BCUT2D eigenvalue weighted by Crippen LogP contribution is -2.52. The van der Waals surface area contributed by atoms with E-state index in [0.717, 1.165) is 18.4 Å². The first-order valence-electron chi connectivity index (χ1n) is 14.5. The van der Waals surface area contributed by atoms with Gasteiger partial charge in [0.05, 0.1) is 19.6 Å². The van der Waals surface area contributed by atoms with Crippen LogP contribution in [-0.4, -0.2) is 86.9 Å². The molecule has 0 fully saturated rings. The monoisotopic (exact) mass is 619 g/mol. The fourth-order valence-corrected chi connectivity index (χ4v) is 3.71. The molecular weight excluding hydrogens is 574 g/mol. The number of hydrogen-bond donors (Lipinski definition) is 7. The largest absolute Gasteiger partial charge is 0.368 e. The molecule has 1 aromatic carbocycles. The minimum absolute atomic E-state index is 0.0128. The normalized spacial score (nSPS) is 11.2. The number of nitrogens with one attached hydrogen (secondary N) is 6. The molecule has 0 saturated carbocycles. The fourth-order valence-electron chi connectivity index (χ4n) is 3.71. The van der Waals surface area contributed by atoms with Crippen molar-refractivity contribution in [3.05, 3.63) is 35.9 Å². The third kappa shape index (κ3) is 19.6. The molecule has 244 valence electrons. The summed E-state index contributed by atoms with van der Waals surface area (Å²) in [4.78, 5) is 83.7. The second-order valence-electron chi connectivity index (χ2n) is 10.4. The lowest BCUT2D eigenvalue weighted by Gasteiger charge is -2.19. The topological polar surface area (TPSA) is 227 Å². The first-order chi connectivity index (χ1) is 21.0. The van der Waals surface area contributed by atoms with Gasteiger partial charge >= 0.3 is 0 Å². The maximum atomic E-state index is 12.8. The van der Waals surface area contributed by atoms with Crippen LogP contribution in [0.4, 0.5) is 0 Å². The van der Waals surface area contributed by atoms with Crippen molar-refractivity contribution in [2.75, 3.05) is 39.5 Å². The van der Waals surface area contributed by atoms with E-state index in [0.29, 0.717) is 25.3 Å². The quantitative estimate of drug-likeness (QED) is 0.0587. The van der Waals surface area contributed by atoms with Crippen molar-refractivity contribution in [2.45, 2.75) is 58.4 Å². The lowest BCUT2D eigenvalue weighted by molar-refractivity contribution is -0.131. The van der Waals surface area contributed by atoms with Crippen LogP contribution in [0.2, 0.25) is 0 Å². The fraction of sp³-hybridized carbons (Fsp3) is 0.552. The Hall–Kier alpha value is -4.53. The van der Waals surface area contributed by atoms with Crippen LogP contribution in [0.15, 0.2) is 30.3 Å². The molecule has 0 aliphatic heterocycles. The van der Waals surface area contributed by atoms with Crippen LogP contribution in [0, 0.1) is 5.92 Å². The van der Waals surface area contributed by atoms with Gasteiger partial charge in [-0.3, -0.25) is 33.6 Å². The van der Waals surface area contributed by atoms with Gasteiger partial charge in [-0.25, -0.2) is 0 Å². The highest BCUT2D eigenvalue weighted by molar-refractivity contribution is 5.92. The van der Waals surface area contributed by atoms with Gasteiger partial charge in [0.15, 0.2) is 0 Å². The second kappa shape index (κ2) is 22.1. The molecule has 1 rings (SSSR count). The molecule has 0 spiro atoms. The molecule has 8 N–H and O–H groups in total. The minimum Gasteiger partial charge on any atom is -0.368 e. The summed E-state index contributed by atoms with van der Waals surface area (Å²) in [5.74, 6) is -3.15. The van der Waals surface area contributed by atoms with Crippen molar-refractivity contribution in [1.29, 1.82) is 0 Å². The van der Waals surface area contributed by atoms with E-state index >= 15 is 0 Å². The van der Waals surface area contributed by atoms with Crippen LogP contribution in [0.25, 0.3) is 0 Å². The molecule has 0 bridgehead atoms. The number of hydrogen-bond acceptors (Lipinski definition) is 8. The number of rotatable bonds is 22. The maximum absolute atomic E-state index is 12.8. The number of unbranched alkanes of at least 4 members (excludes halogenated alkanes) is 2. The van der Waals surface area contributed by atoms with Crippen LogP contribution in [0.3, 0.4) is 0 Å². The molecule has 0 aliphatic carbocycles. The van der Waals surface area contributed by atoms with Crippen molar-refractivity contribution in [2.24, 2.45) is 11.7 Å². The lowest BCUT2D eigenvalue weighted by atomic mass is 10.1. The number of ether oxygens (including phenoxy) is 1. The minimum atomic E-state index is -1.05. The predicted octanol–water partition coefficient (Wildman–Crippen LogP) is -1.64. The third-order valence-electron chi connectivity index (χ3n) is 5.86. The van der Waals surface area contributed by atoms with E-state index in [1.165, 1.54) is 0 Å². The van der Waals surface area contributed by atoms with Crippen LogP contribution < -0.4 is 37.6 Å². The summed E-state index contributed by atoms with van der Waals surface area (Å²) in [5, 5.41) is 15.0. The summed E-state index contributed by atoms with van der Waals surface area (Å²) < 4.78 is 4.83. The number of carbonyl (C=O) groups excluding carboxylic acids is 7. The Morgan fingerprint density at radius 1 is 0.727 bits per heavy atom. The molecule has 15 nitrogen and oxygen atoms in total. The van der Waals surface area contributed by atoms with E-state index in [9.17, 15) is 33.6 Å². The molecule has 0 aliphatic rings. The highest BCUT2D eigenvalue weighted by Crippen LogP contribution is 2.04. The Bertz CT molecular complexity index is 1100. The molecule has 15 heteroatoms. The number of carbonyl (C=O) groups is 7. The average molecular weight is 620 g/mol. The van der Waals surface area contributed by atoms with Gasteiger partial charge in [0.1, 0.15) is 19.4 Å². The second-order valence-corrected chi connectivity index (χ2v) is 10.4. The summed E-state index contributed by atoms with van der Waals surface area (Å²) in [5.41, 5.74) is 5.69. The van der Waals surface area contributed by atoms with Gasteiger partial charge in [0, 0.05) is 25.8 Å². The molecule has 0 radical (unpaired) electrons. The van der Waals surface area contributed by atoms with Gasteiger partial charge in [-0.05, 0) is 24.3 Å². The number of primary amides is 1. The smallest absolute Gasteiger partial charge is 0.243 e. The van der Waals surface area contributed by atoms with E-state index in [1.54, 1.807) is 30.3 Å². The van der Waals surface area contributed by atoms with Crippen LogP contribution in [0.5, 0.6) is 0 Å². The van der Waals surface area contributed by atoms with Crippen LogP contribution in [-0.2, 0) is 44.7 Å². The summed E-state index contributed by atoms with van der Waals surface area (Å²) in [6, 6.07) is 7.83. The Balaban J connectivity index is 2.39. The van der Waals surface area contributed by atoms with Crippen LogP contribution in [0.1, 0.15) is 51.5 Å². The van der Waals surface area contributed by atoms with E-state index in [2.05, 4.69) is 31.9 Å². The molecule has 44 heavy (non-hydrogen) atoms. The van der Waals surface area contributed by atoms with Gasteiger partial charge in [0.2, 0.25) is 41.4 Å². The number of benzene rings is 1. The van der Waals surface area contributed by atoms with E-state index in [1.807, 2.05) is 13.8 Å². The highest BCUT2D eigenvalue weighted by atomic mass is 16.5. The zero-order chi connectivity index (χ0) is 32.7. The van der Waals surface area contributed by atoms with Gasteiger partial charge < -0.3 is 42.4 Å². The Kier molecular flexibility index (Phi) is 18.8. The summed E-state index contributed by atoms with van der Waals surface area (Å²) in [7, 11) is 0. The Labute approximate surface area is 257 Å². The van der Waals surface area contributed by atoms with E-state index in [4.69, 9.17) is 10.5 Å².